The molecule has 0 amide bonds. The van der Waals surface area contributed by atoms with Crippen LogP contribution in [0.15, 0.2) is 48.7 Å². The molecule has 0 spiro atoms. The van der Waals surface area contributed by atoms with Crippen LogP contribution in [0.4, 0.5) is 5.69 Å². The quantitative estimate of drug-likeness (QED) is 0.702. The van der Waals surface area contributed by atoms with Gasteiger partial charge in [-0.05, 0) is 24.3 Å². The number of anilines is 1. The number of carbonyl (C=O) groups excluding carboxylic acids is 2. The van der Waals surface area contributed by atoms with Crippen molar-refractivity contribution in [2.45, 2.75) is 6.42 Å². The van der Waals surface area contributed by atoms with Crippen molar-refractivity contribution in [1.29, 1.82) is 0 Å². The van der Waals surface area contributed by atoms with Gasteiger partial charge in [0.25, 0.3) is 0 Å². The van der Waals surface area contributed by atoms with Crippen molar-refractivity contribution in [2.75, 3.05) is 5.73 Å². The van der Waals surface area contributed by atoms with Gasteiger partial charge in [-0.1, -0.05) is 36.4 Å². The Labute approximate surface area is 122 Å². The molecule has 104 valence electrons. The number of rotatable bonds is 2. The normalized spacial score (nSPS) is 13.3. The van der Waals surface area contributed by atoms with E-state index in [0.29, 0.717) is 34.4 Å². The first-order chi connectivity index (χ1) is 10.1. The SMILES string of the molecule is NC=CCc1ccc2c(c1N)C(=O)c1ccccc1C2=O. The van der Waals surface area contributed by atoms with Gasteiger partial charge in [0.1, 0.15) is 0 Å². The molecule has 0 atom stereocenters. The molecule has 0 fully saturated rings. The minimum absolute atomic E-state index is 0.159. The Kier molecular flexibility index (Phi) is 3.06. The monoisotopic (exact) mass is 278 g/mol. The predicted molar refractivity (Wildman–Crippen MR) is 81.2 cm³/mol. The second-order valence-electron chi connectivity index (χ2n) is 4.90. The Hall–Kier alpha value is -2.88. The summed E-state index contributed by atoms with van der Waals surface area (Å²) in [6.45, 7) is 0. The highest BCUT2D eigenvalue weighted by atomic mass is 16.1. The lowest BCUT2D eigenvalue weighted by molar-refractivity contribution is 0.0979. The summed E-state index contributed by atoms with van der Waals surface area (Å²) in [7, 11) is 0. The number of fused-ring (bicyclic) bond motifs is 2. The van der Waals surface area contributed by atoms with Gasteiger partial charge in [0.05, 0.1) is 5.56 Å². The van der Waals surface area contributed by atoms with Gasteiger partial charge in [0, 0.05) is 22.4 Å². The number of nitrogens with two attached hydrogens (primary N) is 2. The van der Waals surface area contributed by atoms with E-state index < -0.39 is 0 Å². The van der Waals surface area contributed by atoms with Crippen LogP contribution in [0.2, 0.25) is 0 Å². The van der Waals surface area contributed by atoms with E-state index in [0.717, 1.165) is 5.56 Å². The molecule has 0 unspecified atom stereocenters. The third-order valence-electron chi connectivity index (χ3n) is 3.70. The summed E-state index contributed by atoms with van der Waals surface area (Å²) in [6.07, 6.45) is 3.71. The average molecular weight is 278 g/mol. The van der Waals surface area contributed by atoms with E-state index in [1.165, 1.54) is 6.20 Å². The molecule has 4 heteroatoms. The molecule has 0 bridgehead atoms. The van der Waals surface area contributed by atoms with E-state index in [-0.39, 0.29) is 11.6 Å². The summed E-state index contributed by atoms with van der Waals surface area (Å²) >= 11 is 0. The fourth-order valence-electron chi connectivity index (χ4n) is 2.63. The molecule has 1 aliphatic carbocycles. The van der Waals surface area contributed by atoms with Gasteiger partial charge in [0.2, 0.25) is 0 Å². The number of benzene rings is 2. The lowest BCUT2D eigenvalue weighted by Gasteiger charge is -2.20. The average Bonchev–Trinajstić information content (AvgIpc) is 2.51. The van der Waals surface area contributed by atoms with Crippen molar-refractivity contribution in [3.05, 3.63) is 76.5 Å². The van der Waals surface area contributed by atoms with E-state index in [2.05, 4.69) is 0 Å². The zero-order valence-corrected chi connectivity index (χ0v) is 11.3. The van der Waals surface area contributed by atoms with Crippen molar-refractivity contribution in [1.82, 2.24) is 0 Å². The van der Waals surface area contributed by atoms with Crippen LogP contribution < -0.4 is 11.5 Å². The second-order valence-corrected chi connectivity index (χ2v) is 4.90. The Bertz CT molecular complexity index is 791. The zero-order valence-electron chi connectivity index (χ0n) is 11.3. The lowest BCUT2D eigenvalue weighted by Crippen LogP contribution is -2.22. The maximum atomic E-state index is 12.6. The van der Waals surface area contributed by atoms with Gasteiger partial charge in [-0.2, -0.15) is 0 Å². The van der Waals surface area contributed by atoms with Crippen LogP contribution in [-0.4, -0.2) is 11.6 Å². The van der Waals surface area contributed by atoms with Crippen molar-refractivity contribution in [2.24, 2.45) is 5.73 Å². The Morgan fingerprint density at radius 2 is 1.57 bits per heavy atom. The van der Waals surface area contributed by atoms with Crippen LogP contribution in [0.5, 0.6) is 0 Å². The third-order valence-corrected chi connectivity index (χ3v) is 3.70. The van der Waals surface area contributed by atoms with Crippen LogP contribution in [0, 0.1) is 0 Å². The number of ketones is 2. The van der Waals surface area contributed by atoms with Crippen LogP contribution in [0.25, 0.3) is 0 Å². The molecule has 4 N–H and O–H groups in total. The van der Waals surface area contributed by atoms with Crippen LogP contribution in [0.3, 0.4) is 0 Å². The van der Waals surface area contributed by atoms with Gasteiger partial charge in [-0.3, -0.25) is 9.59 Å². The number of allylic oxidation sites excluding steroid dienone is 1. The van der Waals surface area contributed by atoms with E-state index in [1.54, 1.807) is 42.5 Å². The molecule has 0 heterocycles. The summed E-state index contributed by atoms with van der Waals surface area (Å²) in [5.74, 6) is -0.357. The molecule has 0 aliphatic heterocycles. The standard InChI is InChI=1S/C17H14N2O2/c18-9-3-4-10-7-8-13-14(15(10)19)17(21)12-6-2-1-5-11(12)16(13)20/h1-3,5-9H,4,18-19H2. The second kappa shape index (κ2) is 4.90. The molecular weight excluding hydrogens is 264 g/mol. The lowest BCUT2D eigenvalue weighted by atomic mass is 9.82. The van der Waals surface area contributed by atoms with Crippen LogP contribution in [0.1, 0.15) is 37.4 Å². The van der Waals surface area contributed by atoms with Gasteiger partial charge in [0.15, 0.2) is 11.6 Å². The van der Waals surface area contributed by atoms with Crippen molar-refractivity contribution >= 4 is 17.3 Å². The summed E-state index contributed by atoms with van der Waals surface area (Å²) in [5, 5.41) is 0. The van der Waals surface area contributed by atoms with Crippen molar-refractivity contribution < 1.29 is 9.59 Å². The molecule has 21 heavy (non-hydrogen) atoms. The molecule has 0 aromatic heterocycles. The van der Waals surface area contributed by atoms with Crippen LogP contribution >= 0.6 is 0 Å². The maximum Gasteiger partial charge on any atom is 0.196 e. The van der Waals surface area contributed by atoms with Crippen LogP contribution in [-0.2, 0) is 6.42 Å². The molecule has 0 saturated heterocycles. The highest BCUT2D eigenvalue weighted by Gasteiger charge is 2.31. The summed E-state index contributed by atoms with van der Waals surface area (Å²) in [5.41, 5.74) is 14.1. The molecule has 4 nitrogen and oxygen atoms in total. The smallest absolute Gasteiger partial charge is 0.196 e. The molecular formula is C17H14N2O2. The number of hydrogen-bond donors (Lipinski definition) is 2. The van der Waals surface area contributed by atoms with E-state index in [9.17, 15) is 9.59 Å². The Morgan fingerprint density at radius 1 is 0.905 bits per heavy atom. The molecule has 2 aromatic rings. The minimum Gasteiger partial charge on any atom is -0.405 e. The molecule has 1 aliphatic rings. The fourth-order valence-corrected chi connectivity index (χ4v) is 2.63. The highest BCUT2D eigenvalue weighted by molar-refractivity contribution is 6.30. The first kappa shape index (κ1) is 13.1. The zero-order chi connectivity index (χ0) is 15.0. The summed E-state index contributed by atoms with van der Waals surface area (Å²) < 4.78 is 0. The van der Waals surface area contributed by atoms with Gasteiger partial charge in [-0.15, -0.1) is 0 Å². The number of carbonyl (C=O) groups is 2. The first-order valence-corrected chi connectivity index (χ1v) is 6.61. The van der Waals surface area contributed by atoms with Gasteiger partial charge < -0.3 is 11.5 Å². The van der Waals surface area contributed by atoms with Crippen molar-refractivity contribution in [3.8, 4) is 0 Å². The Morgan fingerprint density at radius 3 is 2.24 bits per heavy atom. The number of hydrogen-bond acceptors (Lipinski definition) is 4. The number of nitrogen functional groups attached to an aromatic ring is 1. The highest BCUT2D eigenvalue weighted by Crippen LogP contribution is 2.32. The molecule has 0 saturated carbocycles. The maximum absolute atomic E-state index is 12.6. The van der Waals surface area contributed by atoms with Gasteiger partial charge >= 0.3 is 0 Å². The largest absolute Gasteiger partial charge is 0.405 e. The van der Waals surface area contributed by atoms with Crippen molar-refractivity contribution in [3.63, 3.8) is 0 Å². The third kappa shape index (κ3) is 1.92. The molecule has 0 radical (unpaired) electrons. The van der Waals surface area contributed by atoms with Gasteiger partial charge in [-0.25, -0.2) is 0 Å². The summed E-state index contributed by atoms with van der Waals surface area (Å²) in [4.78, 5) is 25.1. The fraction of sp³-hybridized carbons (Fsp3) is 0.0588. The molecule has 3 rings (SSSR count). The van der Waals surface area contributed by atoms with E-state index in [4.69, 9.17) is 11.5 Å². The van der Waals surface area contributed by atoms with E-state index in [1.807, 2.05) is 0 Å². The minimum atomic E-state index is -0.198. The Balaban J connectivity index is 2.21. The first-order valence-electron chi connectivity index (χ1n) is 6.61. The summed E-state index contributed by atoms with van der Waals surface area (Å²) in [6, 6.07) is 10.3. The molecule has 2 aromatic carbocycles. The topological polar surface area (TPSA) is 86.2 Å². The predicted octanol–water partition coefficient (Wildman–Crippen LogP) is 2.06. The van der Waals surface area contributed by atoms with E-state index >= 15 is 0 Å².